The Kier molecular flexibility index (Phi) is 4.23. The zero-order valence-electron chi connectivity index (χ0n) is 10.5. The Morgan fingerprint density at radius 2 is 2.10 bits per heavy atom. The van der Waals surface area contributed by atoms with Gasteiger partial charge in [-0.05, 0) is 19.3 Å². The molecule has 11 heteroatoms. The first-order chi connectivity index (χ1) is 9.71. The molecule has 0 radical (unpaired) electrons. The number of hydrogen-bond acceptors (Lipinski definition) is 6. The molecule has 1 fully saturated rings. The van der Waals surface area contributed by atoms with E-state index in [-0.39, 0.29) is 0 Å². The van der Waals surface area contributed by atoms with Crippen LogP contribution >= 0.6 is 0 Å². The van der Waals surface area contributed by atoms with Gasteiger partial charge in [0.1, 0.15) is 0 Å². The third-order valence-electron chi connectivity index (χ3n) is 2.72. The molecule has 2 heterocycles. The van der Waals surface area contributed by atoms with Crippen LogP contribution in [0, 0.1) is 0 Å². The zero-order valence-corrected chi connectivity index (χ0v) is 11.4. The summed E-state index contributed by atoms with van der Waals surface area (Å²) < 4.78 is 68.1. The van der Waals surface area contributed by atoms with E-state index >= 15 is 0 Å². The zero-order chi connectivity index (χ0) is 15.7. The number of halogens is 3. The van der Waals surface area contributed by atoms with Gasteiger partial charge in [0.2, 0.25) is 0 Å². The summed E-state index contributed by atoms with van der Waals surface area (Å²) >= 11 is 0. The first kappa shape index (κ1) is 15.8. The van der Waals surface area contributed by atoms with Crippen LogP contribution in [0.25, 0.3) is 0 Å². The van der Waals surface area contributed by atoms with Crippen molar-refractivity contribution in [2.45, 2.75) is 31.0 Å². The molecule has 118 valence electrons. The topological polar surface area (TPSA) is 87.5 Å². The summed E-state index contributed by atoms with van der Waals surface area (Å²) in [5, 5.41) is 3.59. The van der Waals surface area contributed by atoms with Gasteiger partial charge in [0.05, 0.1) is 12.3 Å². The van der Waals surface area contributed by atoms with Crippen molar-refractivity contribution < 1.29 is 30.5 Å². The van der Waals surface area contributed by atoms with Gasteiger partial charge in [-0.15, -0.1) is 0 Å². The fourth-order valence-corrected chi connectivity index (χ4v) is 2.19. The Labute approximate surface area is 117 Å². The maximum Gasteiger partial charge on any atom is 0.534 e. The first-order valence-corrected chi connectivity index (χ1v) is 7.33. The van der Waals surface area contributed by atoms with Gasteiger partial charge >= 0.3 is 15.6 Å². The van der Waals surface area contributed by atoms with Crippen LogP contribution in [-0.4, -0.2) is 30.3 Å². The molecule has 0 bridgehead atoms. The number of nitrogens with zero attached hydrogens (tertiary/aromatic N) is 2. The number of ether oxygens (including phenoxy) is 1. The predicted molar refractivity (Wildman–Crippen MR) is 62.9 cm³/mol. The summed E-state index contributed by atoms with van der Waals surface area (Å²) in [4.78, 5) is 11.7. The van der Waals surface area contributed by atoms with E-state index in [1.54, 1.807) is 0 Å². The molecule has 1 saturated heterocycles. The van der Waals surface area contributed by atoms with Gasteiger partial charge < -0.3 is 8.92 Å². The van der Waals surface area contributed by atoms with Crippen molar-refractivity contribution in [1.82, 2.24) is 9.78 Å². The molecule has 0 aliphatic carbocycles. The molecule has 7 nitrogen and oxygen atoms in total. The summed E-state index contributed by atoms with van der Waals surface area (Å²) in [6, 6.07) is 0.619. The van der Waals surface area contributed by atoms with E-state index in [9.17, 15) is 26.4 Å². The second-order valence-corrected chi connectivity index (χ2v) is 5.82. The van der Waals surface area contributed by atoms with Crippen LogP contribution in [0.1, 0.15) is 25.5 Å². The Balaban J connectivity index is 2.22. The van der Waals surface area contributed by atoms with Crippen LogP contribution in [0.3, 0.4) is 0 Å². The number of hydrogen-bond donors (Lipinski definition) is 0. The van der Waals surface area contributed by atoms with Crippen molar-refractivity contribution >= 4 is 10.1 Å². The molecule has 1 aromatic rings. The normalized spacial score (nSPS) is 20.2. The van der Waals surface area contributed by atoms with E-state index in [0.717, 1.165) is 23.7 Å². The molecule has 0 aromatic carbocycles. The highest BCUT2D eigenvalue weighted by Crippen LogP contribution is 2.26. The van der Waals surface area contributed by atoms with Gasteiger partial charge in [-0.3, -0.25) is 4.79 Å². The minimum atomic E-state index is -5.82. The van der Waals surface area contributed by atoms with Gasteiger partial charge in [0.15, 0.2) is 12.0 Å². The van der Waals surface area contributed by atoms with E-state index in [1.165, 1.54) is 0 Å². The smallest absolute Gasteiger partial charge is 0.374 e. The first-order valence-electron chi connectivity index (χ1n) is 5.92. The van der Waals surface area contributed by atoms with Crippen LogP contribution < -0.4 is 9.74 Å². The van der Waals surface area contributed by atoms with Crippen molar-refractivity contribution in [1.29, 1.82) is 0 Å². The Bertz CT molecular complexity index is 664. The van der Waals surface area contributed by atoms with Crippen LogP contribution in [-0.2, 0) is 14.9 Å². The summed E-state index contributed by atoms with van der Waals surface area (Å²) in [5.74, 6) is -0.801. The summed E-state index contributed by atoms with van der Waals surface area (Å²) in [6.07, 6.45) is 2.31. The molecule has 0 amide bonds. The van der Waals surface area contributed by atoms with Crippen molar-refractivity contribution in [3.05, 3.63) is 22.6 Å². The third-order valence-corrected chi connectivity index (χ3v) is 3.70. The predicted octanol–water partition coefficient (Wildman–Crippen LogP) is 1.17. The van der Waals surface area contributed by atoms with Crippen molar-refractivity contribution in [2.24, 2.45) is 0 Å². The van der Waals surface area contributed by atoms with Crippen LogP contribution in [0.15, 0.2) is 17.1 Å². The quantitative estimate of drug-likeness (QED) is 0.611. The van der Waals surface area contributed by atoms with Gasteiger partial charge in [-0.1, -0.05) is 0 Å². The molecule has 2 rings (SSSR count). The van der Waals surface area contributed by atoms with E-state index < -0.39 is 33.2 Å². The van der Waals surface area contributed by atoms with Gasteiger partial charge in [-0.25, -0.2) is 4.68 Å². The average Bonchev–Trinajstić information content (AvgIpc) is 2.38. The molecule has 1 aromatic heterocycles. The van der Waals surface area contributed by atoms with Crippen molar-refractivity contribution in [2.75, 3.05) is 6.61 Å². The maximum absolute atomic E-state index is 12.2. The molecule has 0 saturated carbocycles. The Hall–Kier alpha value is -1.62. The van der Waals surface area contributed by atoms with Crippen molar-refractivity contribution in [3.63, 3.8) is 0 Å². The minimum Gasteiger partial charge on any atom is -0.374 e. The van der Waals surface area contributed by atoms with E-state index in [2.05, 4.69) is 9.28 Å². The lowest BCUT2D eigenvalue weighted by Gasteiger charge is -2.23. The SMILES string of the molecule is O=c1cc(OS(=O)(=O)C(F)(F)F)cnn1C1CCCCO1. The molecule has 21 heavy (non-hydrogen) atoms. The van der Waals surface area contributed by atoms with E-state index in [0.29, 0.717) is 19.1 Å². The monoisotopic (exact) mass is 328 g/mol. The highest BCUT2D eigenvalue weighted by molar-refractivity contribution is 7.87. The lowest BCUT2D eigenvalue weighted by atomic mass is 10.2. The second kappa shape index (κ2) is 5.64. The maximum atomic E-state index is 12.2. The Morgan fingerprint density at radius 1 is 1.38 bits per heavy atom. The molecule has 0 spiro atoms. The third kappa shape index (κ3) is 3.53. The molecule has 1 aliphatic rings. The molecule has 1 aliphatic heterocycles. The second-order valence-electron chi connectivity index (χ2n) is 4.28. The number of aromatic nitrogens is 2. The highest BCUT2D eigenvalue weighted by atomic mass is 32.2. The average molecular weight is 328 g/mol. The summed E-state index contributed by atoms with van der Waals surface area (Å²) in [6.45, 7) is 0.444. The van der Waals surface area contributed by atoms with Crippen molar-refractivity contribution in [3.8, 4) is 5.75 Å². The lowest BCUT2D eigenvalue weighted by molar-refractivity contribution is -0.0502. The van der Waals surface area contributed by atoms with Gasteiger partial charge in [0, 0.05) is 6.61 Å². The largest absolute Gasteiger partial charge is 0.534 e. The highest BCUT2D eigenvalue weighted by Gasteiger charge is 2.48. The van der Waals surface area contributed by atoms with Crippen LogP contribution in [0.5, 0.6) is 5.75 Å². The minimum absolute atomic E-state index is 0.444. The van der Waals surface area contributed by atoms with Gasteiger partial charge in [-0.2, -0.15) is 26.7 Å². The molecular weight excluding hydrogens is 317 g/mol. The van der Waals surface area contributed by atoms with Crippen LogP contribution in [0.2, 0.25) is 0 Å². The number of alkyl halides is 3. The standard InChI is InChI=1S/C10H11F3N2O5S/c11-10(12,13)21(17,18)20-7-5-8(16)15(14-6-7)9-3-1-2-4-19-9/h5-6,9H,1-4H2. The fraction of sp³-hybridized carbons (Fsp3) is 0.600. The summed E-state index contributed by atoms with van der Waals surface area (Å²) in [7, 11) is -5.82. The van der Waals surface area contributed by atoms with E-state index in [4.69, 9.17) is 4.74 Å². The molecular formula is C10H11F3N2O5S. The molecule has 1 unspecified atom stereocenters. The van der Waals surface area contributed by atoms with E-state index in [1.807, 2.05) is 0 Å². The number of rotatable bonds is 3. The Morgan fingerprint density at radius 3 is 2.62 bits per heavy atom. The molecule has 1 atom stereocenters. The lowest BCUT2D eigenvalue weighted by Crippen LogP contribution is -2.32. The van der Waals surface area contributed by atoms with Crippen LogP contribution in [0.4, 0.5) is 13.2 Å². The fourth-order valence-electron chi connectivity index (χ4n) is 1.75. The summed E-state index contributed by atoms with van der Waals surface area (Å²) in [5.41, 5.74) is -6.38. The van der Waals surface area contributed by atoms with Gasteiger partial charge in [0.25, 0.3) is 5.56 Å². The molecule has 0 N–H and O–H groups in total.